The summed E-state index contributed by atoms with van der Waals surface area (Å²) in [5.41, 5.74) is 1.15. The third kappa shape index (κ3) is 2.32. The second kappa shape index (κ2) is 4.49. The van der Waals surface area contributed by atoms with Gasteiger partial charge in [0.05, 0.1) is 5.69 Å². The molecule has 1 aliphatic heterocycles. The smallest absolute Gasteiger partial charge is 0.185 e. The van der Waals surface area contributed by atoms with Crippen LogP contribution in [0, 0.1) is 19.8 Å². The van der Waals surface area contributed by atoms with Crippen molar-refractivity contribution >= 4 is 16.5 Å². The van der Waals surface area contributed by atoms with E-state index < -0.39 is 0 Å². The van der Waals surface area contributed by atoms with E-state index in [1.54, 1.807) is 11.3 Å². The van der Waals surface area contributed by atoms with Crippen molar-refractivity contribution in [1.82, 2.24) is 4.98 Å². The minimum atomic E-state index is 0.314. The molecule has 1 unspecified atom stereocenters. The van der Waals surface area contributed by atoms with E-state index in [1.807, 2.05) is 0 Å². The highest BCUT2D eigenvalue weighted by molar-refractivity contribution is 7.15. The summed E-state index contributed by atoms with van der Waals surface area (Å²) in [6.45, 7) is 6.66. The van der Waals surface area contributed by atoms with Gasteiger partial charge in [0.1, 0.15) is 0 Å². The Morgan fingerprint density at radius 3 is 2.93 bits per heavy atom. The zero-order valence-corrected chi connectivity index (χ0v) is 10.2. The van der Waals surface area contributed by atoms with Gasteiger partial charge in [-0.25, -0.2) is 4.98 Å². The molecule has 0 spiro atoms. The topological polar surface area (TPSA) is 36.4 Å². The zero-order valence-electron chi connectivity index (χ0n) is 9.36. The number of hydrogen-bond acceptors (Lipinski definition) is 4. The van der Waals surface area contributed by atoms with Crippen LogP contribution in [0.1, 0.15) is 23.4 Å². The van der Waals surface area contributed by atoms with E-state index in [9.17, 15) is 0 Å². The fourth-order valence-corrected chi connectivity index (χ4v) is 2.96. The monoisotopic (exact) mass is 226 g/mol. The van der Waals surface area contributed by atoms with Gasteiger partial charge in [0.25, 0.3) is 0 Å². The van der Waals surface area contributed by atoms with Crippen LogP contribution in [0.3, 0.4) is 0 Å². The molecule has 0 aromatic carbocycles. The van der Waals surface area contributed by atoms with Crippen LogP contribution in [0.15, 0.2) is 0 Å². The predicted molar refractivity (Wildman–Crippen MR) is 63.6 cm³/mol. The van der Waals surface area contributed by atoms with Crippen molar-refractivity contribution in [2.75, 3.05) is 24.6 Å². The summed E-state index contributed by atoms with van der Waals surface area (Å²) in [6, 6.07) is 0. The number of hydrogen-bond donors (Lipinski definition) is 1. The molecule has 1 atom stereocenters. The van der Waals surface area contributed by atoms with Gasteiger partial charge >= 0.3 is 0 Å². The summed E-state index contributed by atoms with van der Waals surface area (Å²) >= 11 is 1.78. The molecule has 0 amide bonds. The minimum absolute atomic E-state index is 0.314. The molecular weight excluding hydrogens is 208 g/mol. The molecule has 1 saturated heterocycles. The third-order valence-electron chi connectivity index (χ3n) is 3.11. The lowest BCUT2D eigenvalue weighted by Crippen LogP contribution is -2.19. The molecular formula is C11H18N2OS. The van der Waals surface area contributed by atoms with Crippen LogP contribution in [0.5, 0.6) is 0 Å². The van der Waals surface area contributed by atoms with E-state index in [-0.39, 0.29) is 0 Å². The molecule has 1 aliphatic rings. The number of nitrogens with zero attached hydrogens (tertiary/aromatic N) is 2. The zero-order chi connectivity index (χ0) is 10.8. The molecule has 2 rings (SSSR count). The Bertz CT molecular complexity index is 318. The standard InChI is InChI=1S/C11H18N2OS/c1-8-9(2)15-11(12-8)13-5-3-10(7-13)4-6-14/h10,14H,3-7H2,1-2H3. The molecule has 0 saturated carbocycles. The lowest BCUT2D eigenvalue weighted by molar-refractivity contribution is 0.263. The van der Waals surface area contributed by atoms with Crippen molar-refractivity contribution in [3.63, 3.8) is 0 Å². The molecule has 0 radical (unpaired) electrons. The highest BCUT2D eigenvalue weighted by Crippen LogP contribution is 2.30. The number of rotatable bonds is 3. The van der Waals surface area contributed by atoms with E-state index >= 15 is 0 Å². The van der Waals surface area contributed by atoms with Crippen molar-refractivity contribution in [1.29, 1.82) is 0 Å². The molecule has 4 heteroatoms. The van der Waals surface area contributed by atoms with Crippen LogP contribution in [0.25, 0.3) is 0 Å². The first-order chi connectivity index (χ1) is 7.20. The normalized spacial score (nSPS) is 21.3. The highest BCUT2D eigenvalue weighted by Gasteiger charge is 2.24. The lowest BCUT2D eigenvalue weighted by atomic mass is 10.1. The lowest BCUT2D eigenvalue weighted by Gasteiger charge is -2.14. The number of thiazole rings is 1. The minimum Gasteiger partial charge on any atom is -0.396 e. The van der Waals surface area contributed by atoms with Crippen LogP contribution in [-0.4, -0.2) is 29.8 Å². The molecule has 3 nitrogen and oxygen atoms in total. The molecule has 1 aromatic heterocycles. The maximum Gasteiger partial charge on any atom is 0.185 e. The first-order valence-corrected chi connectivity index (χ1v) is 6.32. The molecule has 0 bridgehead atoms. The summed E-state index contributed by atoms with van der Waals surface area (Å²) in [6.07, 6.45) is 2.12. The summed E-state index contributed by atoms with van der Waals surface area (Å²) in [4.78, 5) is 8.24. The molecule has 0 aliphatic carbocycles. The number of aliphatic hydroxyl groups excluding tert-OH is 1. The summed E-state index contributed by atoms with van der Waals surface area (Å²) in [5, 5.41) is 10.1. The Kier molecular flexibility index (Phi) is 3.26. The quantitative estimate of drug-likeness (QED) is 0.856. The highest BCUT2D eigenvalue weighted by atomic mass is 32.1. The fourth-order valence-electron chi connectivity index (χ4n) is 2.02. The number of aliphatic hydroxyl groups is 1. The third-order valence-corrected chi connectivity index (χ3v) is 4.24. The van der Waals surface area contributed by atoms with Crippen molar-refractivity contribution in [3.8, 4) is 0 Å². The van der Waals surface area contributed by atoms with E-state index in [1.165, 1.54) is 11.3 Å². The average Bonchev–Trinajstić information content (AvgIpc) is 2.76. The first kappa shape index (κ1) is 10.9. The Morgan fingerprint density at radius 2 is 2.33 bits per heavy atom. The summed E-state index contributed by atoms with van der Waals surface area (Å²) < 4.78 is 0. The molecule has 1 aromatic rings. The van der Waals surface area contributed by atoms with Gasteiger partial charge in [-0.2, -0.15) is 0 Å². The van der Waals surface area contributed by atoms with Crippen LogP contribution in [-0.2, 0) is 0 Å². The Morgan fingerprint density at radius 1 is 1.53 bits per heavy atom. The van der Waals surface area contributed by atoms with E-state index in [2.05, 4.69) is 23.7 Å². The predicted octanol–water partition coefficient (Wildman–Crippen LogP) is 1.97. The van der Waals surface area contributed by atoms with Crippen LogP contribution in [0.4, 0.5) is 5.13 Å². The Balaban J connectivity index is 2.01. The maximum absolute atomic E-state index is 8.90. The second-order valence-corrected chi connectivity index (χ2v) is 5.43. The van der Waals surface area contributed by atoms with Gasteiger partial charge in [0, 0.05) is 24.6 Å². The van der Waals surface area contributed by atoms with Crippen LogP contribution < -0.4 is 4.90 Å². The van der Waals surface area contributed by atoms with Gasteiger partial charge in [-0.05, 0) is 32.6 Å². The molecule has 84 valence electrons. The fraction of sp³-hybridized carbons (Fsp3) is 0.727. The van der Waals surface area contributed by atoms with Crippen LogP contribution in [0.2, 0.25) is 0 Å². The van der Waals surface area contributed by atoms with Gasteiger partial charge in [-0.1, -0.05) is 0 Å². The molecule has 1 N–H and O–H groups in total. The van der Waals surface area contributed by atoms with Crippen molar-refractivity contribution in [2.45, 2.75) is 26.7 Å². The average molecular weight is 226 g/mol. The van der Waals surface area contributed by atoms with E-state index in [0.29, 0.717) is 12.5 Å². The van der Waals surface area contributed by atoms with Gasteiger partial charge in [0.15, 0.2) is 5.13 Å². The maximum atomic E-state index is 8.90. The van der Waals surface area contributed by atoms with Crippen molar-refractivity contribution in [2.24, 2.45) is 5.92 Å². The number of anilines is 1. The van der Waals surface area contributed by atoms with Crippen molar-refractivity contribution < 1.29 is 5.11 Å². The number of aryl methyl sites for hydroxylation is 2. The van der Waals surface area contributed by atoms with Gasteiger partial charge in [-0.3, -0.25) is 0 Å². The first-order valence-electron chi connectivity index (χ1n) is 5.50. The van der Waals surface area contributed by atoms with Gasteiger partial charge < -0.3 is 10.0 Å². The molecule has 1 fully saturated rings. The largest absolute Gasteiger partial charge is 0.396 e. The molecule has 2 heterocycles. The van der Waals surface area contributed by atoms with E-state index in [0.717, 1.165) is 30.3 Å². The second-order valence-electron chi connectivity index (χ2n) is 4.25. The van der Waals surface area contributed by atoms with E-state index in [4.69, 9.17) is 5.11 Å². The van der Waals surface area contributed by atoms with Crippen molar-refractivity contribution in [3.05, 3.63) is 10.6 Å². The SMILES string of the molecule is Cc1nc(N2CCC(CCO)C2)sc1C. The van der Waals surface area contributed by atoms with Gasteiger partial charge in [-0.15, -0.1) is 11.3 Å². The molecule has 15 heavy (non-hydrogen) atoms. The van der Waals surface area contributed by atoms with Gasteiger partial charge in [0.2, 0.25) is 0 Å². The number of aromatic nitrogens is 1. The Hall–Kier alpha value is -0.610. The summed E-state index contributed by atoms with van der Waals surface area (Å²) in [5.74, 6) is 0.652. The Labute approximate surface area is 94.8 Å². The summed E-state index contributed by atoms with van der Waals surface area (Å²) in [7, 11) is 0. The van der Waals surface area contributed by atoms with Crippen LogP contribution >= 0.6 is 11.3 Å².